The second-order valence-corrected chi connectivity index (χ2v) is 6.05. The van der Waals surface area contributed by atoms with Crippen LogP contribution < -0.4 is 5.32 Å². The molecule has 1 N–H and O–H groups in total. The fraction of sp³-hybridized carbons (Fsp3) is 0.250. The lowest BCUT2D eigenvalue weighted by Crippen LogP contribution is -2.17. The molecule has 110 valence electrons. The van der Waals surface area contributed by atoms with Crippen LogP contribution >= 0.6 is 15.9 Å². The molecule has 4 nitrogen and oxygen atoms in total. The Bertz CT molecular complexity index is 629. The van der Waals surface area contributed by atoms with E-state index in [2.05, 4.69) is 47.2 Å². The molecule has 0 bridgehead atoms. The molecular weight excluding hydrogens is 332 g/mol. The number of nitrogens with one attached hydrogen (secondary N) is 1. The molecule has 0 aromatic heterocycles. The molecule has 2 aromatic rings. The number of halogens is 1. The van der Waals surface area contributed by atoms with Crippen LogP contribution in [-0.2, 0) is 0 Å². The lowest BCUT2D eigenvalue weighted by Gasteiger charge is -2.24. The summed E-state index contributed by atoms with van der Waals surface area (Å²) in [4.78, 5) is 10.4. The summed E-state index contributed by atoms with van der Waals surface area (Å²) in [5, 5.41) is 14.2. The Labute approximate surface area is 132 Å². The predicted octanol–water partition coefficient (Wildman–Crippen LogP) is 5.17. The quantitative estimate of drug-likeness (QED) is 0.599. The SMILES string of the molecule is CC(C)C(Nc1ccc([N+](=O)[O-])cc1Br)c1ccccc1. The van der Waals surface area contributed by atoms with Gasteiger partial charge in [0.15, 0.2) is 0 Å². The lowest BCUT2D eigenvalue weighted by molar-refractivity contribution is -0.384. The van der Waals surface area contributed by atoms with E-state index in [1.165, 1.54) is 17.7 Å². The van der Waals surface area contributed by atoms with E-state index in [0.717, 1.165) is 5.69 Å². The number of hydrogen-bond donors (Lipinski definition) is 1. The fourth-order valence-corrected chi connectivity index (χ4v) is 2.68. The summed E-state index contributed by atoms with van der Waals surface area (Å²) in [6.45, 7) is 4.29. The summed E-state index contributed by atoms with van der Waals surface area (Å²) < 4.78 is 0.693. The number of non-ortho nitro benzene ring substituents is 1. The van der Waals surface area contributed by atoms with E-state index in [9.17, 15) is 10.1 Å². The second kappa shape index (κ2) is 6.72. The Morgan fingerprint density at radius 1 is 1.14 bits per heavy atom. The second-order valence-electron chi connectivity index (χ2n) is 5.20. The number of nitrogens with zero attached hydrogens (tertiary/aromatic N) is 1. The zero-order valence-corrected chi connectivity index (χ0v) is 13.5. The molecule has 0 amide bonds. The first-order valence-corrected chi connectivity index (χ1v) is 7.53. The lowest BCUT2D eigenvalue weighted by atomic mass is 9.96. The molecule has 1 atom stereocenters. The van der Waals surface area contributed by atoms with Crippen LogP contribution in [0, 0.1) is 16.0 Å². The Kier molecular flexibility index (Phi) is 4.96. The van der Waals surface area contributed by atoms with Gasteiger partial charge in [0.05, 0.1) is 11.0 Å². The van der Waals surface area contributed by atoms with Crippen molar-refractivity contribution in [3.05, 3.63) is 68.7 Å². The van der Waals surface area contributed by atoms with Crippen LogP contribution in [0.15, 0.2) is 53.0 Å². The molecule has 0 saturated heterocycles. The van der Waals surface area contributed by atoms with Crippen molar-refractivity contribution in [2.75, 3.05) is 5.32 Å². The van der Waals surface area contributed by atoms with Gasteiger partial charge in [-0.1, -0.05) is 44.2 Å². The maximum absolute atomic E-state index is 10.8. The smallest absolute Gasteiger partial charge is 0.270 e. The summed E-state index contributed by atoms with van der Waals surface area (Å²) in [7, 11) is 0. The number of nitro benzene ring substituents is 1. The molecule has 0 aliphatic heterocycles. The zero-order valence-electron chi connectivity index (χ0n) is 11.9. The summed E-state index contributed by atoms with van der Waals surface area (Å²) in [5.41, 5.74) is 2.12. The molecular formula is C16H17BrN2O2. The highest BCUT2D eigenvalue weighted by Crippen LogP contribution is 2.32. The third-order valence-corrected chi connectivity index (χ3v) is 3.96. The number of hydrogen-bond acceptors (Lipinski definition) is 3. The van der Waals surface area contributed by atoms with Crippen molar-refractivity contribution in [3.63, 3.8) is 0 Å². The van der Waals surface area contributed by atoms with Crippen molar-refractivity contribution in [3.8, 4) is 0 Å². The van der Waals surface area contributed by atoms with E-state index in [1.54, 1.807) is 6.07 Å². The molecule has 2 aromatic carbocycles. The van der Waals surface area contributed by atoms with Crippen LogP contribution in [0.5, 0.6) is 0 Å². The molecule has 0 aliphatic rings. The molecule has 0 saturated carbocycles. The van der Waals surface area contributed by atoms with E-state index in [0.29, 0.717) is 10.4 Å². The molecule has 0 spiro atoms. The first kappa shape index (κ1) is 15.5. The van der Waals surface area contributed by atoms with Gasteiger partial charge in [0.2, 0.25) is 0 Å². The molecule has 21 heavy (non-hydrogen) atoms. The van der Waals surface area contributed by atoms with E-state index in [4.69, 9.17) is 0 Å². The maximum atomic E-state index is 10.8. The Balaban J connectivity index is 2.28. The van der Waals surface area contributed by atoms with Gasteiger partial charge in [0.1, 0.15) is 0 Å². The molecule has 5 heteroatoms. The van der Waals surface area contributed by atoms with Crippen molar-refractivity contribution in [2.24, 2.45) is 5.92 Å². The number of rotatable bonds is 5. The first-order chi connectivity index (χ1) is 9.99. The summed E-state index contributed by atoms with van der Waals surface area (Å²) >= 11 is 3.40. The van der Waals surface area contributed by atoms with Crippen LogP contribution in [0.2, 0.25) is 0 Å². The first-order valence-electron chi connectivity index (χ1n) is 6.74. The highest BCUT2D eigenvalue weighted by atomic mass is 79.9. The minimum Gasteiger partial charge on any atom is -0.377 e. The van der Waals surface area contributed by atoms with Gasteiger partial charge in [0.25, 0.3) is 5.69 Å². The van der Waals surface area contributed by atoms with Gasteiger partial charge in [-0.25, -0.2) is 0 Å². The van der Waals surface area contributed by atoms with Gasteiger partial charge >= 0.3 is 0 Å². The highest BCUT2D eigenvalue weighted by molar-refractivity contribution is 9.10. The van der Waals surface area contributed by atoms with Crippen LogP contribution in [-0.4, -0.2) is 4.92 Å². The van der Waals surface area contributed by atoms with Crippen LogP contribution in [0.4, 0.5) is 11.4 Å². The number of anilines is 1. The summed E-state index contributed by atoms with van der Waals surface area (Å²) in [5.74, 6) is 0.384. The van der Waals surface area contributed by atoms with Crippen molar-refractivity contribution in [1.29, 1.82) is 0 Å². The minimum atomic E-state index is -0.397. The molecule has 0 heterocycles. The average Bonchev–Trinajstić information content (AvgIpc) is 2.46. The average molecular weight is 349 g/mol. The molecule has 0 radical (unpaired) electrons. The van der Waals surface area contributed by atoms with E-state index in [1.807, 2.05) is 18.2 Å². The van der Waals surface area contributed by atoms with Gasteiger partial charge in [-0.15, -0.1) is 0 Å². The van der Waals surface area contributed by atoms with Crippen LogP contribution in [0.3, 0.4) is 0 Å². The Morgan fingerprint density at radius 2 is 1.81 bits per heavy atom. The van der Waals surface area contributed by atoms with E-state index in [-0.39, 0.29) is 11.7 Å². The predicted molar refractivity (Wildman–Crippen MR) is 88.4 cm³/mol. The minimum absolute atomic E-state index is 0.0771. The molecule has 0 aliphatic carbocycles. The third-order valence-electron chi connectivity index (χ3n) is 3.30. The van der Waals surface area contributed by atoms with Crippen molar-refractivity contribution >= 4 is 27.3 Å². The maximum Gasteiger partial charge on any atom is 0.270 e. The monoisotopic (exact) mass is 348 g/mol. The molecule has 0 fully saturated rings. The van der Waals surface area contributed by atoms with Crippen molar-refractivity contribution < 1.29 is 4.92 Å². The Hall–Kier alpha value is -1.88. The summed E-state index contributed by atoms with van der Waals surface area (Å²) in [6.07, 6.45) is 0. The third kappa shape index (κ3) is 3.82. The standard InChI is InChI=1S/C16H17BrN2O2/c1-11(2)16(12-6-4-3-5-7-12)18-15-9-8-13(19(20)21)10-14(15)17/h3-11,16,18H,1-2H3. The van der Waals surface area contributed by atoms with Crippen LogP contribution in [0.1, 0.15) is 25.5 Å². The van der Waals surface area contributed by atoms with Crippen molar-refractivity contribution in [1.82, 2.24) is 0 Å². The highest BCUT2D eigenvalue weighted by Gasteiger charge is 2.17. The van der Waals surface area contributed by atoms with Gasteiger partial charge in [-0.2, -0.15) is 0 Å². The van der Waals surface area contributed by atoms with Gasteiger partial charge in [-0.3, -0.25) is 10.1 Å². The largest absolute Gasteiger partial charge is 0.377 e. The normalized spacial score (nSPS) is 12.2. The van der Waals surface area contributed by atoms with Gasteiger partial charge < -0.3 is 5.32 Å². The fourth-order valence-electron chi connectivity index (χ4n) is 2.20. The van der Waals surface area contributed by atoms with Gasteiger partial charge in [0, 0.05) is 22.3 Å². The van der Waals surface area contributed by atoms with E-state index < -0.39 is 4.92 Å². The van der Waals surface area contributed by atoms with Crippen molar-refractivity contribution in [2.45, 2.75) is 19.9 Å². The molecule has 2 rings (SSSR count). The van der Waals surface area contributed by atoms with E-state index >= 15 is 0 Å². The molecule has 1 unspecified atom stereocenters. The zero-order chi connectivity index (χ0) is 15.4. The summed E-state index contributed by atoms with van der Waals surface area (Å²) in [6, 6.07) is 15.1. The van der Waals surface area contributed by atoms with Crippen LogP contribution in [0.25, 0.3) is 0 Å². The number of nitro groups is 1. The van der Waals surface area contributed by atoms with Gasteiger partial charge in [-0.05, 0) is 33.5 Å². The topological polar surface area (TPSA) is 55.2 Å². The Morgan fingerprint density at radius 3 is 2.33 bits per heavy atom. The number of benzene rings is 2.